The minimum atomic E-state index is 0.210. The zero-order valence-corrected chi connectivity index (χ0v) is 11.4. The highest BCUT2D eigenvalue weighted by atomic mass is 16.5. The van der Waals surface area contributed by atoms with Gasteiger partial charge in [-0.2, -0.15) is 0 Å². The molecule has 1 amide bonds. The van der Waals surface area contributed by atoms with E-state index >= 15 is 0 Å². The molecule has 0 aromatic carbocycles. The van der Waals surface area contributed by atoms with Crippen LogP contribution in [0.1, 0.15) is 51.9 Å². The smallest absolute Gasteiger partial charge is 0.220 e. The molecule has 2 fully saturated rings. The van der Waals surface area contributed by atoms with Gasteiger partial charge in [-0.3, -0.25) is 4.79 Å². The molecule has 0 aromatic rings. The molecular weight excluding hydrogens is 228 g/mol. The summed E-state index contributed by atoms with van der Waals surface area (Å²) in [7, 11) is 0. The Morgan fingerprint density at radius 2 is 2.22 bits per heavy atom. The van der Waals surface area contributed by atoms with E-state index in [0.717, 1.165) is 32.4 Å². The third kappa shape index (κ3) is 4.25. The number of ether oxygens (including phenoxy) is 1. The number of rotatable bonds is 6. The quantitative estimate of drug-likeness (QED) is 0.757. The Morgan fingerprint density at radius 3 is 2.89 bits per heavy atom. The zero-order valence-electron chi connectivity index (χ0n) is 11.4. The average Bonchev–Trinajstić information content (AvgIpc) is 2.35. The molecule has 2 N–H and O–H groups in total. The third-order valence-electron chi connectivity index (χ3n) is 3.99. The van der Waals surface area contributed by atoms with Crippen LogP contribution in [-0.4, -0.2) is 37.2 Å². The molecular formula is C14H26N2O2. The number of carbonyl (C=O) groups is 1. The van der Waals surface area contributed by atoms with Gasteiger partial charge in [0.25, 0.3) is 0 Å². The van der Waals surface area contributed by atoms with Crippen LogP contribution in [0.2, 0.25) is 0 Å². The second-order valence-electron chi connectivity index (χ2n) is 5.50. The van der Waals surface area contributed by atoms with Crippen LogP contribution >= 0.6 is 0 Å². The number of nitrogens with one attached hydrogen (secondary N) is 2. The fraction of sp³-hybridized carbons (Fsp3) is 0.929. The summed E-state index contributed by atoms with van der Waals surface area (Å²) in [5.74, 6) is 0.210. The van der Waals surface area contributed by atoms with Gasteiger partial charge in [0.2, 0.25) is 5.91 Å². The second kappa shape index (κ2) is 7.10. The first-order chi connectivity index (χ1) is 8.78. The minimum absolute atomic E-state index is 0.210. The normalized spacial score (nSPS) is 31.7. The molecule has 104 valence electrons. The fourth-order valence-electron chi connectivity index (χ4n) is 2.83. The van der Waals surface area contributed by atoms with E-state index in [1.54, 1.807) is 0 Å². The van der Waals surface area contributed by atoms with Crippen molar-refractivity contribution in [2.24, 2.45) is 0 Å². The van der Waals surface area contributed by atoms with Crippen molar-refractivity contribution in [3.63, 3.8) is 0 Å². The summed E-state index contributed by atoms with van der Waals surface area (Å²) < 4.78 is 5.48. The minimum Gasteiger partial charge on any atom is -0.378 e. The van der Waals surface area contributed by atoms with E-state index in [1.807, 2.05) is 6.92 Å². The van der Waals surface area contributed by atoms with E-state index in [0.29, 0.717) is 24.6 Å². The molecule has 1 saturated carbocycles. The fourth-order valence-corrected chi connectivity index (χ4v) is 2.83. The molecule has 1 heterocycles. The Hall–Kier alpha value is -0.610. The largest absolute Gasteiger partial charge is 0.378 e. The van der Waals surface area contributed by atoms with Crippen LogP contribution < -0.4 is 10.6 Å². The van der Waals surface area contributed by atoms with Crippen molar-refractivity contribution < 1.29 is 9.53 Å². The Kier molecular flexibility index (Phi) is 5.45. The van der Waals surface area contributed by atoms with Crippen LogP contribution in [-0.2, 0) is 9.53 Å². The molecule has 2 aliphatic rings. The molecule has 1 aliphatic heterocycles. The summed E-state index contributed by atoms with van der Waals surface area (Å²) in [6.07, 6.45) is 7.80. The number of hydrogen-bond donors (Lipinski definition) is 2. The summed E-state index contributed by atoms with van der Waals surface area (Å²) >= 11 is 0. The maximum Gasteiger partial charge on any atom is 0.220 e. The number of carbonyl (C=O) groups excluding carboxylic acids is 1. The van der Waals surface area contributed by atoms with Gasteiger partial charge in [0.05, 0.1) is 6.10 Å². The van der Waals surface area contributed by atoms with Crippen LogP contribution in [0.25, 0.3) is 0 Å². The first-order valence-electron chi connectivity index (χ1n) is 7.42. The number of hydrogen-bond acceptors (Lipinski definition) is 3. The maximum atomic E-state index is 11.8. The van der Waals surface area contributed by atoms with Crippen LogP contribution in [0.15, 0.2) is 0 Å². The van der Waals surface area contributed by atoms with Gasteiger partial charge >= 0.3 is 0 Å². The SMILES string of the molecule is CCOC1CC(NC(=O)CCC2CCCCN2)C1. The maximum absolute atomic E-state index is 11.8. The van der Waals surface area contributed by atoms with Crippen molar-refractivity contribution in [2.75, 3.05) is 13.2 Å². The molecule has 4 heteroatoms. The van der Waals surface area contributed by atoms with Crippen molar-refractivity contribution in [3.05, 3.63) is 0 Å². The standard InChI is InChI=1S/C14H26N2O2/c1-2-18-13-9-12(10-13)16-14(17)7-6-11-5-3-4-8-15-11/h11-13,15H,2-10H2,1H3,(H,16,17). The summed E-state index contributed by atoms with van der Waals surface area (Å²) in [5.41, 5.74) is 0. The Bertz CT molecular complexity index is 259. The number of piperidine rings is 1. The number of amides is 1. The van der Waals surface area contributed by atoms with Crippen LogP contribution in [0.3, 0.4) is 0 Å². The molecule has 18 heavy (non-hydrogen) atoms. The van der Waals surface area contributed by atoms with Gasteiger partial charge in [-0.25, -0.2) is 0 Å². The van der Waals surface area contributed by atoms with Crippen LogP contribution in [0, 0.1) is 0 Å². The van der Waals surface area contributed by atoms with E-state index in [9.17, 15) is 4.79 Å². The summed E-state index contributed by atoms with van der Waals surface area (Å²) in [6, 6.07) is 0.912. The van der Waals surface area contributed by atoms with Gasteiger partial charge in [-0.05, 0) is 45.6 Å². The molecule has 4 nitrogen and oxygen atoms in total. The lowest BCUT2D eigenvalue weighted by molar-refractivity contribution is -0.123. The van der Waals surface area contributed by atoms with Crippen LogP contribution in [0.4, 0.5) is 0 Å². The van der Waals surface area contributed by atoms with Crippen molar-refractivity contribution in [1.29, 1.82) is 0 Å². The molecule has 1 unspecified atom stereocenters. The lowest BCUT2D eigenvalue weighted by atomic mass is 9.89. The van der Waals surface area contributed by atoms with Crippen molar-refractivity contribution in [2.45, 2.75) is 70.1 Å². The highest BCUT2D eigenvalue weighted by Crippen LogP contribution is 2.23. The van der Waals surface area contributed by atoms with Crippen LogP contribution in [0.5, 0.6) is 0 Å². The van der Waals surface area contributed by atoms with Crippen molar-refractivity contribution in [3.8, 4) is 0 Å². The molecule has 1 saturated heterocycles. The molecule has 0 spiro atoms. The van der Waals surface area contributed by atoms with Gasteiger partial charge in [-0.1, -0.05) is 6.42 Å². The monoisotopic (exact) mass is 254 g/mol. The lowest BCUT2D eigenvalue weighted by Gasteiger charge is -2.35. The van der Waals surface area contributed by atoms with Gasteiger partial charge in [-0.15, -0.1) is 0 Å². The Balaban J connectivity index is 1.53. The summed E-state index contributed by atoms with van der Waals surface area (Å²) in [5, 5.41) is 6.58. The molecule has 0 radical (unpaired) electrons. The lowest BCUT2D eigenvalue weighted by Crippen LogP contribution is -2.48. The van der Waals surface area contributed by atoms with Gasteiger partial charge in [0.15, 0.2) is 0 Å². The first-order valence-corrected chi connectivity index (χ1v) is 7.42. The Labute approximate surface area is 110 Å². The van der Waals surface area contributed by atoms with Crippen molar-refractivity contribution in [1.82, 2.24) is 10.6 Å². The summed E-state index contributed by atoms with van der Waals surface area (Å²) in [4.78, 5) is 11.8. The van der Waals surface area contributed by atoms with E-state index in [-0.39, 0.29) is 5.91 Å². The third-order valence-corrected chi connectivity index (χ3v) is 3.99. The van der Waals surface area contributed by atoms with Gasteiger partial charge in [0, 0.05) is 25.1 Å². The highest BCUT2D eigenvalue weighted by molar-refractivity contribution is 5.76. The van der Waals surface area contributed by atoms with E-state index in [4.69, 9.17) is 4.74 Å². The first kappa shape index (κ1) is 13.8. The van der Waals surface area contributed by atoms with E-state index in [2.05, 4.69) is 10.6 Å². The second-order valence-corrected chi connectivity index (χ2v) is 5.50. The molecule has 2 rings (SSSR count). The van der Waals surface area contributed by atoms with Gasteiger partial charge < -0.3 is 15.4 Å². The van der Waals surface area contributed by atoms with Gasteiger partial charge in [0.1, 0.15) is 0 Å². The van der Waals surface area contributed by atoms with Crippen molar-refractivity contribution >= 4 is 5.91 Å². The highest BCUT2D eigenvalue weighted by Gasteiger charge is 2.30. The molecule has 0 bridgehead atoms. The average molecular weight is 254 g/mol. The predicted octanol–water partition coefficient (Wildman–Crippen LogP) is 1.59. The predicted molar refractivity (Wildman–Crippen MR) is 71.5 cm³/mol. The summed E-state index contributed by atoms with van der Waals surface area (Å²) in [6.45, 7) is 3.91. The zero-order chi connectivity index (χ0) is 12.8. The Morgan fingerprint density at radius 1 is 1.39 bits per heavy atom. The van der Waals surface area contributed by atoms with E-state index < -0.39 is 0 Å². The topological polar surface area (TPSA) is 50.4 Å². The molecule has 0 aromatic heterocycles. The van der Waals surface area contributed by atoms with E-state index in [1.165, 1.54) is 19.3 Å². The molecule has 1 aliphatic carbocycles. The molecule has 1 atom stereocenters.